The average Bonchev–Trinajstić information content (AvgIpc) is 2.61. The van der Waals surface area contributed by atoms with Gasteiger partial charge < -0.3 is 37.4 Å². The molecule has 11 nitrogen and oxygen atoms in total. The van der Waals surface area contributed by atoms with E-state index in [2.05, 4.69) is 15.6 Å². The first-order chi connectivity index (χ1) is 13.1. The second-order valence-electron chi connectivity index (χ2n) is 6.06. The Morgan fingerprint density at radius 2 is 1.82 bits per heavy atom. The summed E-state index contributed by atoms with van der Waals surface area (Å²) in [5.74, 6) is -3.34. The highest BCUT2D eigenvalue weighted by Gasteiger charge is 2.29. The molecule has 9 N–H and O–H groups in total. The van der Waals surface area contributed by atoms with Gasteiger partial charge in [0.15, 0.2) is 12.0 Å². The van der Waals surface area contributed by atoms with Gasteiger partial charge >= 0.3 is 5.97 Å². The van der Waals surface area contributed by atoms with Crippen molar-refractivity contribution in [1.82, 2.24) is 10.6 Å². The first kappa shape index (κ1) is 22.7. The number of nitrogens with one attached hydrogen (secondary N) is 2. The molecule has 1 aromatic carbocycles. The lowest BCUT2D eigenvalue weighted by Gasteiger charge is -2.22. The number of aromatic hydroxyl groups is 1. The molecule has 0 radical (unpaired) electrons. The van der Waals surface area contributed by atoms with Crippen LogP contribution in [0.2, 0.25) is 0 Å². The van der Waals surface area contributed by atoms with Crippen molar-refractivity contribution in [3.63, 3.8) is 0 Å². The highest BCUT2D eigenvalue weighted by atomic mass is 16.4. The van der Waals surface area contributed by atoms with Crippen LogP contribution in [0.5, 0.6) is 5.75 Å². The minimum absolute atomic E-state index is 0.0464. The van der Waals surface area contributed by atoms with E-state index in [1.807, 2.05) is 0 Å². The number of phenols is 1. The van der Waals surface area contributed by atoms with Gasteiger partial charge in [-0.15, -0.1) is 0 Å². The van der Waals surface area contributed by atoms with E-state index in [0.29, 0.717) is 6.42 Å². The van der Waals surface area contributed by atoms with Gasteiger partial charge in [0.1, 0.15) is 11.8 Å². The molecule has 0 heterocycles. The summed E-state index contributed by atoms with van der Waals surface area (Å²) in [4.78, 5) is 39.8. The van der Waals surface area contributed by atoms with Gasteiger partial charge in [0.2, 0.25) is 5.91 Å². The van der Waals surface area contributed by atoms with Crippen LogP contribution >= 0.6 is 0 Å². The monoisotopic (exact) mass is 395 g/mol. The Morgan fingerprint density at radius 1 is 1.18 bits per heavy atom. The standard InChI is InChI=1S/C17H25N5O6/c1-9(23)13(16(27)28)22-15(26)11(6-4-8-20-17(18)19)21-14(25)10-5-2-3-7-12(10)24/h2-3,5,7,9,11,13,23-24H,4,6,8H2,1H3,(H,21,25)(H,22,26)(H,27,28)(H4,18,19,20)/t9-,11+,13+/m1/s1. The summed E-state index contributed by atoms with van der Waals surface area (Å²) in [6.07, 6.45) is -0.949. The molecule has 1 aromatic rings. The lowest BCUT2D eigenvalue weighted by atomic mass is 10.1. The third kappa shape index (κ3) is 7.11. The van der Waals surface area contributed by atoms with Crippen LogP contribution in [0.1, 0.15) is 30.1 Å². The zero-order chi connectivity index (χ0) is 21.3. The highest BCUT2D eigenvalue weighted by Crippen LogP contribution is 2.15. The summed E-state index contributed by atoms with van der Waals surface area (Å²) in [5, 5.41) is 33.0. The number of aliphatic hydroxyl groups is 1. The van der Waals surface area contributed by atoms with Gasteiger partial charge in [-0.2, -0.15) is 0 Å². The van der Waals surface area contributed by atoms with E-state index in [1.54, 1.807) is 0 Å². The topological polar surface area (TPSA) is 200 Å². The molecule has 0 saturated carbocycles. The number of phenolic OH excluding ortho intramolecular Hbond substituents is 1. The number of nitrogens with zero attached hydrogens (tertiary/aromatic N) is 1. The SMILES string of the molecule is C[C@@H](O)[C@H](NC(=O)[C@H](CCCN=C(N)N)NC(=O)c1ccccc1O)C(=O)O. The fourth-order valence-electron chi connectivity index (χ4n) is 2.32. The number of para-hydroxylation sites is 1. The molecule has 28 heavy (non-hydrogen) atoms. The van der Waals surface area contributed by atoms with E-state index in [4.69, 9.17) is 16.6 Å². The third-order valence-corrected chi connectivity index (χ3v) is 3.76. The van der Waals surface area contributed by atoms with Crippen molar-refractivity contribution in [3.8, 4) is 5.75 Å². The van der Waals surface area contributed by atoms with E-state index in [0.717, 1.165) is 0 Å². The maximum Gasteiger partial charge on any atom is 0.328 e. The zero-order valence-corrected chi connectivity index (χ0v) is 15.3. The van der Waals surface area contributed by atoms with E-state index >= 15 is 0 Å². The molecule has 154 valence electrons. The van der Waals surface area contributed by atoms with Gasteiger partial charge in [-0.3, -0.25) is 14.6 Å². The predicted octanol–water partition coefficient (Wildman–Crippen LogP) is -1.51. The number of guanidine groups is 1. The quantitative estimate of drug-likeness (QED) is 0.141. The van der Waals surface area contributed by atoms with Crippen molar-refractivity contribution in [2.24, 2.45) is 16.5 Å². The molecule has 1 rings (SSSR count). The van der Waals surface area contributed by atoms with Crippen molar-refractivity contribution >= 4 is 23.7 Å². The van der Waals surface area contributed by atoms with Crippen LogP contribution in [-0.4, -0.2) is 63.8 Å². The van der Waals surface area contributed by atoms with E-state index < -0.39 is 36.0 Å². The average molecular weight is 395 g/mol. The van der Waals surface area contributed by atoms with Gasteiger partial charge in [0, 0.05) is 6.54 Å². The van der Waals surface area contributed by atoms with Crippen molar-refractivity contribution in [2.75, 3.05) is 6.54 Å². The molecule has 0 aliphatic heterocycles. The molecule has 0 aromatic heterocycles. The number of carboxylic acid groups (broad SMARTS) is 1. The minimum Gasteiger partial charge on any atom is -0.507 e. The van der Waals surface area contributed by atoms with E-state index in [9.17, 15) is 24.6 Å². The molecule has 0 spiro atoms. The molecule has 2 amide bonds. The molecule has 11 heteroatoms. The maximum atomic E-state index is 12.5. The van der Waals surface area contributed by atoms with Crippen LogP contribution < -0.4 is 22.1 Å². The summed E-state index contributed by atoms with van der Waals surface area (Å²) in [6.45, 7) is 1.41. The molecule has 0 aliphatic rings. The number of carbonyl (C=O) groups is 3. The largest absolute Gasteiger partial charge is 0.507 e. The van der Waals surface area contributed by atoms with Gasteiger partial charge in [-0.25, -0.2) is 4.79 Å². The Morgan fingerprint density at radius 3 is 2.36 bits per heavy atom. The van der Waals surface area contributed by atoms with Crippen molar-refractivity contribution < 1.29 is 29.7 Å². The maximum absolute atomic E-state index is 12.5. The van der Waals surface area contributed by atoms with Crippen molar-refractivity contribution in [3.05, 3.63) is 29.8 Å². The fourth-order valence-corrected chi connectivity index (χ4v) is 2.32. The Hall–Kier alpha value is -3.34. The Kier molecular flexibility index (Phi) is 8.69. The van der Waals surface area contributed by atoms with Crippen LogP contribution in [0.3, 0.4) is 0 Å². The Bertz CT molecular complexity index is 733. The summed E-state index contributed by atoms with van der Waals surface area (Å²) in [6, 6.07) is 3.07. The number of aliphatic imine (C=N–C) groups is 1. The van der Waals surface area contributed by atoms with E-state index in [1.165, 1.54) is 31.2 Å². The molecular weight excluding hydrogens is 370 g/mol. The number of hydrogen-bond acceptors (Lipinski definition) is 6. The van der Waals surface area contributed by atoms with Gasteiger partial charge in [0.05, 0.1) is 11.7 Å². The number of nitrogens with two attached hydrogens (primary N) is 2. The smallest absolute Gasteiger partial charge is 0.328 e. The van der Waals surface area contributed by atoms with Crippen LogP contribution in [0.15, 0.2) is 29.3 Å². The van der Waals surface area contributed by atoms with Gasteiger partial charge in [0.25, 0.3) is 5.91 Å². The third-order valence-electron chi connectivity index (χ3n) is 3.76. The summed E-state index contributed by atoms with van der Waals surface area (Å²) in [5.41, 5.74) is 10.4. The molecule has 0 unspecified atom stereocenters. The lowest BCUT2D eigenvalue weighted by molar-refractivity contribution is -0.145. The Balaban J connectivity index is 2.92. The number of benzene rings is 1. The zero-order valence-electron chi connectivity index (χ0n) is 15.3. The normalized spacial score (nSPS) is 13.6. The predicted molar refractivity (Wildman–Crippen MR) is 101 cm³/mol. The summed E-state index contributed by atoms with van der Waals surface area (Å²) >= 11 is 0. The molecular formula is C17H25N5O6. The number of carboxylic acids is 1. The molecule has 0 aliphatic carbocycles. The first-order valence-corrected chi connectivity index (χ1v) is 8.49. The van der Waals surface area contributed by atoms with Crippen molar-refractivity contribution in [2.45, 2.75) is 38.0 Å². The first-order valence-electron chi connectivity index (χ1n) is 8.49. The second kappa shape index (κ2) is 10.7. The molecule has 0 saturated heterocycles. The molecule has 3 atom stereocenters. The van der Waals surface area contributed by atoms with Crippen LogP contribution in [-0.2, 0) is 9.59 Å². The second-order valence-corrected chi connectivity index (χ2v) is 6.06. The fraction of sp³-hybridized carbons (Fsp3) is 0.412. The number of rotatable bonds is 10. The van der Waals surface area contributed by atoms with Crippen LogP contribution in [0, 0.1) is 0 Å². The minimum atomic E-state index is -1.55. The van der Waals surface area contributed by atoms with Crippen molar-refractivity contribution in [1.29, 1.82) is 0 Å². The molecule has 0 fully saturated rings. The number of carbonyl (C=O) groups excluding carboxylic acids is 2. The van der Waals surface area contributed by atoms with Crippen LogP contribution in [0.25, 0.3) is 0 Å². The lowest BCUT2D eigenvalue weighted by Crippen LogP contribution is -2.54. The van der Waals surface area contributed by atoms with Gasteiger partial charge in [-0.1, -0.05) is 12.1 Å². The summed E-state index contributed by atoms with van der Waals surface area (Å²) in [7, 11) is 0. The number of amides is 2. The number of aliphatic carboxylic acids is 1. The number of hydrogen-bond donors (Lipinski definition) is 7. The number of aliphatic hydroxyl groups excluding tert-OH is 1. The Labute approximate surface area is 161 Å². The highest BCUT2D eigenvalue weighted by molar-refractivity contribution is 6.00. The van der Waals surface area contributed by atoms with Crippen LogP contribution in [0.4, 0.5) is 0 Å². The molecule has 0 bridgehead atoms. The summed E-state index contributed by atoms with van der Waals surface area (Å²) < 4.78 is 0. The van der Waals surface area contributed by atoms with E-state index in [-0.39, 0.29) is 30.2 Å². The van der Waals surface area contributed by atoms with Gasteiger partial charge in [-0.05, 0) is 31.9 Å².